The van der Waals surface area contributed by atoms with Crippen molar-refractivity contribution in [2.75, 3.05) is 20.3 Å². The van der Waals surface area contributed by atoms with E-state index in [-0.39, 0.29) is 18.3 Å². The number of ether oxygens (including phenoxy) is 1. The van der Waals surface area contributed by atoms with Crippen LogP contribution in [0.25, 0.3) is 0 Å². The van der Waals surface area contributed by atoms with Crippen LogP contribution in [0.2, 0.25) is 0 Å². The van der Waals surface area contributed by atoms with Gasteiger partial charge in [-0.3, -0.25) is 0 Å². The molecule has 1 rings (SSSR count). The van der Waals surface area contributed by atoms with Gasteiger partial charge in [0, 0.05) is 19.0 Å². The summed E-state index contributed by atoms with van der Waals surface area (Å²) in [6.07, 6.45) is 0. The molecule has 2 amide bonds. The molecule has 1 heterocycles. The van der Waals surface area contributed by atoms with Crippen LogP contribution in [-0.2, 0) is 11.3 Å². The Kier molecular flexibility index (Phi) is 5.37. The molecule has 0 atom stereocenters. The molecule has 0 radical (unpaired) electrons. The minimum atomic E-state index is -1.07. The zero-order chi connectivity index (χ0) is 12.7. The summed E-state index contributed by atoms with van der Waals surface area (Å²) in [4.78, 5) is 25.6. The molecule has 8 heteroatoms. The molecule has 1 aromatic heterocycles. The molecule has 0 aliphatic carbocycles. The minimum Gasteiger partial charge on any atom is -0.476 e. The van der Waals surface area contributed by atoms with Crippen molar-refractivity contribution in [2.24, 2.45) is 0 Å². The van der Waals surface area contributed by atoms with Gasteiger partial charge in [0.2, 0.25) is 0 Å². The lowest BCUT2D eigenvalue weighted by atomic mass is 10.5. The lowest BCUT2D eigenvalue weighted by molar-refractivity contribution is 0.0691. The second-order valence-corrected chi connectivity index (χ2v) is 3.98. The first-order chi connectivity index (χ1) is 8.13. The Bertz CT molecular complexity index is 393. The van der Waals surface area contributed by atoms with Gasteiger partial charge >= 0.3 is 12.0 Å². The second kappa shape index (κ2) is 6.81. The smallest absolute Gasteiger partial charge is 0.355 e. The minimum absolute atomic E-state index is 0.00779. The Balaban J connectivity index is 2.29. The number of aromatic carboxylic acids is 1. The van der Waals surface area contributed by atoms with E-state index in [4.69, 9.17) is 9.84 Å². The summed E-state index contributed by atoms with van der Waals surface area (Å²) >= 11 is 1.19. The highest BCUT2D eigenvalue weighted by molar-refractivity contribution is 7.09. The van der Waals surface area contributed by atoms with E-state index in [2.05, 4.69) is 15.6 Å². The van der Waals surface area contributed by atoms with Gasteiger partial charge in [0.15, 0.2) is 5.69 Å². The molecule has 94 valence electrons. The predicted molar refractivity (Wildman–Crippen MR) is 61.2 cm³/mol. The second-order valence-electron chi connectivity index (χ2n) is 3.03. The molecule has 0 aliphatic rings. The van der Waals surface area contributed by atoms with Crippen molar-refractivity contribution < 1.29 is 19.4 Å². The summed E-state index contributed by atoms with van der Waals surface area (Å²) in [5, 5.41) is 15.8. The predicted octanol–water partition coefficient (Wildman–Crippen LogP) is 0.287. The molecule has 1 aromatic rings. The number of aromatic nitrogens is 1. The Labute approximate surface area is 102 Å². The topological polar surface area (TPSA) is 101 Å². The van der Waals surface area contributed by atoms with E-state index in [1.54, 1.807) is 7.11 Å². The molecular weight excluding hydrogens is 246 g/mol. The van der Waals surface area contributed by atoms with E-state index >= 15 is 0 Å². The van der Waals surface area contributed by atoms with Gasteiger partial charge in [0.1, 0.15) is 5.01 Å². The maximum Gasteiger partial charge on any atom is 0.355 e. The summed E-state index contributed by atoms with van der Waals surface area (Å²) in [5.74, 6) is -1.07. The fourth-order valence-electron chi connectivity index (χ4n) is 0.975. The van der Waals surface area contributed by atoms with Crippen molar-refractivity contribution >= 4 is 23.3 Å². The van der Waals surface area contributed by atoms with Crippen LogP contribution in [0.3, 0.4) is 0 Å². The summed E-state index contributed by atoms with van der Waals surface area (Å²) in [6, 6.07) is -0.339. The number of urea groups is 1. The number of rotatable bonds is 6. The van der Waals surface area contributed by atoms with Crippen molar-refractivity contribution in [1.29, 1.82) is 0 Å². The first kappa shape index (κ1) is 13.4. The van der Waals surface area contributed by atoms with Crippen LogP contribution >= 0.6 is 11.3 Å². The Morgan fingerprint density at radius 2 is 2.29 bits per heavy atom. The van der Waals surface area contributed by atoms with Gasteiger partial charge in [-0.05, 0) is 0 Å². The molecule has 0 bridgehead atoms. The average Bonchev–Trinajstić information content (AvgIpc) is 2.75. The fourth-order valence-corrected chi connectivity index (χ4v) is 1.68. The molecular formula is C9H13N3O4S. The summed E-state index contributed by atoms with van der Waals surface area (Å²) in [7, 11) is 1.54. The summed E-state index contributed by atoms with van der Waals surface area (Å²) in [6.45, 7) is 1.06. The standard InChI is InChI=1S/C9H13N3O4S/c1-16-3-2-10-9(15)11-4-7-12-6(5-17-7)8(13)14/h5H,2-4H2,1H3,(H,13,14)(H2,10,11,15). The molecule has 0 fully saturated rings. The molecule has 0 aromatic carbocycles. The van der Waals surface area contributed by atoms with Crippen molar-refractivity contribution in [2.45, 2.75) is 6.54 Å². The largest absolute Gasteiger partial charge is 0.476 e. The third-order valence-corrected chi connectivity index (χ3v) is 2.61. The van der Waals surface area contributed by atoms with E-state index in [1.165, 1.54) is 16.7 Å². The van der Waals surface area contributed by atoms with Gasteiger partial charge < -0.3 is 20.5 Å². The van der Waals surface area contributed by atoms with Crippen molar-refractivity contribution in [1.82, 2.24) is 15.6 Å². The van der Waals surface area contributed by atoms with Crippen LogP contribution in [0.15, 0.2) is 5.38 Å². The zero-order valence-electron chi connectivity index (χ0n) is 9.23. The number of nitrogens with zero attached hydrogens (tertiary/aromatic N) is 1. The van der Waals surface area contributed by atoms with Crippen molar-refractivity contribution in [3.63, 3.8) is 0 Å². The van der Waals surface area contributed by atoms with Gasteiger partial charge in [-0.25, -0.2) is 14.6 Å². The van der Waals surface area contributed by atoms with Gasteiger partial charge in [-0.2, -0.15) is 0 Å². The quantitative estimate of drug-likeness (QED) is 0.637. The highest BCUT2D eigenvalue weighted by atomic mass is 32.1. The van der Waals surface area contributed by atoms with Crippen LogP contribution in [0.4, 0.5) is 4.79 Å². The first-order valence-electron chi connectivity index (χ1n) is 4.82. The van der Waals surface area contributed by atoms with Gasteiger partial charge in [-0.1, -0.05) is 0 Å². The maximum atomic E-state index is 11.2. The van der Waals surface area contributed by atoms with E-state index in [9.17, 15) is 9.59 Å². The van der Waals surface area contributed by atoms with E-state index in [0.717, 1.165) is 0 Å². The lowest BCUT2D eigenvalue weighted by Gasteiger charge is -2.05. The number of carboxylic acids is 1. The van der Waals surface area contributed by atoms with Crippen LogP contribution in [-0.4, -0.2) is 42.4 Å². The van der Waals surface area contributed by atoms with Crippen molar-refractivity contribution in [3.8, 4) is 0 Å². The molecule has 0 saturated heterocycles. The highest BCUT2D eigenvalue weighted by Gasteiger charge is 2.09. The van der Waals surface area contributed by atoms with E-state index in [1.807, 2.05) is 0 Å². The number of carbonyl (C=O) groups is 2. The normalized spacial score (nSPS) is 9.94. The number of amides is 2. The number of hydrogen-bond acceptors (Lipinski definition) is 5. The van der Waals surface area contributed by atoms with Crippen molar-refractivity contribution in [3.05, 3.63) is 16.1 Å². The van der Waals surface area contributed by atoms with Gasteiger partial charge in [0.25, 0.3) is 0 Å². The Morgan fingerprint density at radius 3 is 2.88 bits per heavy atom. The number of methoxy groups -OCH3 is 1. The van der Waals surface area contributed by atoms with Gasteiger partial charge in [0.05, 0.1) is 13.2 Å². The molecule has 0 aliphatic heterocycles. The molecule has 0 saturated carbocycles. The summed E-state index contributed by atoms with van der Waals surface area (Å²) in [5.41, 5.74) is -0.00779. The fraction of sp³-hybridized carbons (Fsp3) is 0.444. The number of carbonyl (C=O) groups excluding carboxylic acids is 1. The highest BCUT2D eigenvalue weighted by Crippen LogP contribution is 2.08. The number of carboxylic acid groups (broad SMARTS) is 1. The molecule has 17 heavy (non-hydrogen) atoms. The van der Waals surface area contributed by atoms with E-state index < -0.39 is 5.97 Å². The number of nitrogens with one attached hydrogen (secondary N) is 2. The van der Waals surface area contributed by atoms with Gasteiger partial charge in [-0.15, -0.1) is 11.3 Å². The average molecular weight is 259 g/mol. The molecule has 3 N–H and O–H groups in total. The maximum absolute atomic E-state index is 11.2. The van der Waals surface area contributed by atoms with Crippen LogP contribution < -0.4 is 10.6 Å². The number of hydrogen-bond donors (Lipinski definition) is 3. The molecule has 0 spiro atoms. The third kappa shape index (κ3) is 4.79. The SMILES string of the molecule is COCCNC(=O)NCc1nc(C(=O)O)cs1. The van der Waals surface area contributed by atoms with Crippen LogP contribution in [0, 0.1) is 0 Å². The number of thiazole rings is 1. The van der Waals surface area contributed by atoms with E-state index in [0.29, 0.717) is 18.2 Å². The Hall–Kier alpha value is -1.67. The summed E-state index contributed by atoms with van der Waals surface area (Å²) < 4.78 is 4.77. The first-order valence-corrected chi connectivity index (χ1v) is 5.69. The third-order valence-electron chi connectivity index (χ3n) is 1.76. The zero-order valence-corrected chi connectivity index (χ0v) is 10.0. The monoisotopic (exact) mass is 259 g/mol. The molecule has 7 nitrogen and oxygen atoms in total. The molecule has 0 unspecified atom stereocenters. The lowest BCUT2D eigenvalue weighted by Crippen LogP contribution is -2.36. The van der Waals surface area contributed by atoms with Crippen LogP contribution in [0.1, 0.15) is 15.5 Å². The van der Waals surface area contributed by atoms with Crippen LogP contribution in [0.5, 0.6) is 0 Å². The Morgan fingerprint density at radius 1 is 1.53 bits per heavy atom.